The summed E-state index contributed by atoms with van der Waals surface area (Å²) in [7, 11) is 0. The molecule has 3 nitrogen and oxygen atoms in total. The van der Waals surface area contributed by atoms with Crippen molar-refractivity contribution >= 4 is 17.7 Å². The van der Waals surface area contributed by atoms with Crippen LogP contribution in [0.1, 0.15) is 18.9 Å². The van der Waals surface area contributed by atoms with Gasteiger partial charge in [-0.15, -0.1) is 0 Å². The fourth-order valence-corrected chi connectivity index (χ4v) is 1.85. The van der Waals surface area contributed by atoms with Gasteiger partial charge < -0.3 is 5.11 Å². The summed E-state index contributed by atoms with van der Waals surface area (Å²) in [5.74, 6) is -1.60. The Balaban J connectivity index is 3.26. The molecule has 0 aromatic heterocycles. The molecule has 0 bridgehead atoms. The summed E-state index contributed by atoms with van der Waals surface area (Å²) < 4.78 is 39.6. The van der Waals surface area contributed by atoms with E-state index in [0.717, 1.165) is 12.1 Å². The van der Waals surface area contributed by atoms with Gasteiger partial charge in [-0.2, -0.15) is 13.2 Å². The first-order valence-corrected chi connectivity index (χ1v) is 5.91. The summed E-state index contributed by atoms with van der Waals surface area (Å²) in [5, 5.41) is 9.88. The van der Waals surface area contributed by atoms with Crippen molar-refractivity contribution in [1.29, 1.82) is 0 Å². The van der Waals surface area contributed by atoms with Crippen molar-refractivity contribution in [1.82, 2.24) is 4.42 Å². The second-order valence-electron chi connectivity index (χ2n) is 3.97. The zero-order valence-corrected chi connectivity index (χ0v) is 10.9. The van der Waals surface area contributed by atoms with E-state index < -0.39 is 23.2 Å². The van der Waals surface area contributed by atoms with Crippen molar-refractivity contribution in [3.8, 4) is 0 Å². The van der Waals surface area contributed by atoms with Crippen molar-refractivity contribution in [2.45, 2.75) is 25.1 Å². The average Bonchev–Trinajstić information content (AvgIpc) is 2.37. The number of amides is 1. The van der Waals surface area contributed by atoms with Gasteiger partial charge in [0.15, 0.2) is 0 Å². The van der Waals surface area contributed by atoms with Crippen LogP contribution in [0, 0.1) is 0 Å². The minimum atomic E-state index is -5.16. The quantitative estimate of drug-likeness (QED) is 0.868. The highest BCUT2D eigenvalue weighted by molar-refractivity contribution is 6.22. The topological polar surface area (TPSA) is 40.5 Å². The lowest BCUT2D eigenvalue weighted by Gasteiger charge is -2.31. The molecule has 0 radical (unpaired) electrons. The van der Waals surface area contributed by atoms with Crippen LogP contribution in [-0.2, 0) is 10.4 Å². The van der Waals surface area contributed by atoms with E-state index in [9.17, 15) is 23.1 Å². The molecule has 0 spiro atoms. The molecular weight excluding hydrogens is 283 g/mol. The maximum Gasteiger partial charge on any atom is 0.430 e. The predicted molar refractivity (Wildman–Crippen MR) is 64.3 cm³/mol. The molecule has 0 unspecified atom stereocenters. The first-order chi connectivity index (χ1) is 8.75. The van der Waals surface area contributed by atoms with Crippen molar-refractivity contribution in [2.24, 2.45) is 0 Å². The molecule has 1 aromatic carbocycles. The lowest BCUT2D eigenvalue weighted by Crippen LogP contribution is -2.53. The Morgan fingerprint density at radius 3 is 2.26 bits per heavy atom. The first-order valence-electron chi connectivity index (χ1n) is 5.57. The van der Waals surface area contributed by atoms with Crippen LogP contribution in [-0.4, -0.2) is 28.2 Å². The minimum Gasteiger partial charge on any atom is -0.368 e. The molecule has 0 saturated carbocycles. The zero-order chi connectivity index (χ0) is 14.7. The summed E-state index contributed by atoms with van der Waals surface area (Å²) in [6.07, 6.45) is -4.79. The van der Waals surface area contributed by atoms with Crippen LogP contribution in [0.3, 0.4) is 0 Å². The molecule has 19 heavy (non-hydrogen) atoms. The highest BCUT2D eigenvalue weighted by Crippen LogP contribution is 2.40. The van der Waals surface area contributed by atoms with E-state index in [-0.39, 0.29) is 6.54 Å². The van der Waals surface area contributed by atoms with E-state index in [1.165, 1.54) is 18.2 Å². The minimum absolute atomic E-state index is 0.0917. The largest absolute Gasteiger partial charge is 0.430 e. The molecule has 0 heterocycles. The molecule has 1 amide bonds. The summed E-state index contributed by atoms with van der Waals surface area (Å²) >= 11 is 5.50. The standard InChI is InChI=1S/C12H13ClF3NO2/c1-2-8-17(13)10(18)11(19,12(14,15)16)9-6-4-3-5-7-9/h3-7,19H,2,8H2,1H3/t11-/m1/s1. The second-order valence-corrected chi connectivity index (χ2v) is 4.37. The highest BCUT2D eigenvalue weighted by Gasteiger charge is 2.62. The van der Waals surface area contributed by atoms with Crippen LogP contribution in [0.25, 0.3) is 0 Å². The van der Waals surface area contributed by atoms with Crippen LogP contribution in [0.4, 0.5) is 13.2 Å². The van der Waals surface area contributed by atoms with Crippen LogP contribution < -0.4 is 0 Å². The number of carbonyl (C=O) groups is 1. The third kappa shape index (κ3) is 3.01. The fourth-order valence-electron chi connectivity index (χ4n) is 1.56. The van der Waals surface area contributed by atoms with E-state index in [2.05, 4.69) is 0 Å². The predicted octanol–water partition coefficient (Wildman–Crippen LogP) is 2.83. The molecule has 106 valence electrons. The number of rotatable bonds is 4. The summed E-state index contributed by atoms with van der Waals surface area (Å²) in [5.41, 5.74) is -4.19. The molecule has 0 fully saturated rings. The van der Waals surface area contributed by atoms with Gasteiger partial charge in [-0.25, -0.2) is 0 Å². The number of aliphatic hydroxyl groups is 1. The third-order valence-corrected chi connectivity index (χ3v) is 2.87. The third-order valence-electron chi connectivity index (χ3n) is 2.55. The summed E-state index contributed by atoms with van der Waals surface area (Å²) in [4.78, 5) is 11.8. The zero-order valence-electron chi connectivity index (χ0n) is 10.1. The van der Waals surface area contributed by atoms with Crippen molar-refractivity contribution in [2.75, 3.05) is 6.54 Å². The number of hydrogen-bond acceptors (Lipinski definition) is 2. The Morgan fingerprint density at radius 1 is 1.32 bits per heavy atom. The van der Waals surface area contributed by atoms with Crippen molar-refractivity contribution < 1.29 is 23.1 Å². The number of hydrogen-bond donors (Lipinski definition) is 1. The Labute approximate surface area is 113 Å². The summed E-state index contributed by atoms with van der Waals surface area (Å²) in [6.45, 7) is 1.56. The fraction of sp³-hybridized carbons (Fsp3) is 0.417. The van der Waals surface area contributed by atoms with Gasteiger partial charge in [-0.05, 0) is 6.42 Å². The molecule has 0 aliphatic heterocycles. The van der Waals surface area contributed by atoms with Gasteiger partial charge in [0.25, 0.3) is 11.5 Å². The molecule has 1 aromatic rings. The van der Waals surface area contributed by atoms with E-state index in [1.54, 1.807) is 6.92 Å². The molecule has 0 aliphatic rings. The normalized spacial score (nSPS) is 14.8. The maximum absolute atomic E-state index is 13.1. The van der Waals surface area contributed by atoms with Gasteiger partial charge in [-0.1, -0.05) is 37.3 Å². The number of carbonyl (C=O) groups excluding carboxylic acids is 1. The molecule has 1 atom stereocenters. The smallest absolute Gasteiger partial charge is 0.368 e. The SMILES string of the molecule is CCCN(Cl)C(=O)[C@](O)(c1ccccc1)C(F)(F)F. The highest BCUT2D eigenvalue weighted by atomic mass is 35.5. The van der Waals surface area contributed by atoms with Gasteiger partial charge in [0, 0.05) is 23.9 Å². The van der Waals surface area contributed by atoms with Gasteiger partial charge >= 0.3 is 6.18 Å². The lowest BCUT2D eigenvalue weighted by atomic mass is 9.92. The molecule has 7 heteroatoms. The Kier molecular flexibility index (Phi) is 4.81. The van der Waals surface area contributed by atoms with Crippen LogP contribution in [0.5, 0.6) is 0 Å². The Bertz CT molecular complexity index is 438. The summed E-state index contributed by atoms with van der Waals surface area (Å²) in [6, 6.07) is 6.15. The van der Waals surface area contributed by atoms with Gasteiger partial charge in [-0.3, -0.25) is 9.21 Å². The van der Waals surface area contributed by atoms with Crippen molar-refractivity contribution in [3.05, 3.63) is 35.9 Å². The van der Waals surface area contributed by atoms with Gasteiger partial charge in [0.2, 0.25) is 0 Å². The van der Waals surface area contributed by atoms with Gasteiger partial charge in [0.1, 0.15) is 0 Å². The average molecular weight is 296 g/mol. The maximum atomic E-state index is 13.1. The second kappa shape index (κ2) is 5.79. The van der Waals surface area contributed by atoms with E-state index in [1.807, 2.05) is 0 Å². The van der Waals surface area contributed by atoms with E-state index >= 15 is 0 Å². The number of halogens is 4. The number of alkyl halides is 3. The van der Waals surface area contributed by atoms with Crippen LogP contribution >= 0.6 is 11.8 Å². The monoisotopic (exact) mass is 295 g/mol. The van der Waals surface area contributed by atoms with E-state index in [0.29, 0.717) is 10.8 Å². The van der Waals surface area contributed by atoms with Crippen LogP contribution in [0.15, 0.2) is 30.3 Å². The molecular formula is C12H13ClF3NO2. The molecule has 0 aliphatic carbocycles. The van der Waals surface area contributed by atoms with Crippen LogP contribution in [0.2, 0.25) is 0 Å². The van der Waals surface area contributed by atoms with Gasteiger partial charge in [0.05, 0.1) is 0 Å². The Hall–Kier alpha value is -1.27. The number of nitrogens with zero attached hydrogens (tertiary/aromatic N) is 1. The molecule has 1 rings (SSSR count). The van der Waals surface area contributed by atoms with Crippen molar-refractivity contribution in [3.63, 3.8) is 0 Å². The molecule has 0 saturated heterocycles. The lowest BCUT2D eigenvalue weighted by molar-refractivity contribution is -0.259. The van der Waals surface area contributed by atoms with E-state index in [4.69, 9.17) is 11.8 Å². The molecule has 1 N–H and O–H groups in total. The first kappa shape index (κ1) is 15.8. The Morgan fingerprint density at radius 2 is 1.84 bits per heavy atom. The number of benzene rings is 1.